The van der Waals surface area contributed by atoms with Crippen LogP contribution in [0.2, 0.25) is 0 Å². The molecule has 0 aromatic heterocycles. The van der Waals surface area contributed by atoms with Crippen LogP contribution < -0.4 is 9.80 Å². The van der Waals surface area contributed by atoms with Gasteiger partial charge in [-0.15, -0.1) is 0 Å². The number of rotatable bonds is 7. The molecule has 0 bridgehead atoms. The summed E-state index contributed by atoms with van der Waals surface area (Å²) in [6.07, 6.45) is 0. The molecule has 0 aliphatic heterocycles. The van der Waals surface area contributed by atoms with E-state index in [-0.39, 0.29) is 16.2 Å². The van der Waals surface area contributed by atoms with Crippen molar-refractivity contribution < 1.29 is 0 Å². The van der Waals surface area contributed by atoms with Gasteiger partial charge in [0.1, 0.15) is 0 Å². The maximum Gasteiger partial charge on any atom is 0.0619 e. The van der Waals surface area contributed by atoms with Crippen molar-refractivity contribution in [1.82, 2.24) is 0 Å². The van der Waals surface area contributed by atoms with Gasteiger partial charge in [-0.25, -0.2) is 0 Å². The summed E-state index contributed by atoms with van der Waals surface area (Å²) in [5.74, 6) is 0.454. The van der Waals surface area contributed by atoms with Gasteiger partial charge in [0.2, 0.25) is 0 Å². The average Bonchev–Trinajstić information content (AvgIpc) is 3.15. The fourth-order valence-electron chi connectivity index (χ4n) is 7.72. The molecule has 0 aliphatic carbocycles. The number of anilines is 6. The summed E-state index contributed by atoms with van der Waals surface area (Å²) in [7, 11) is 0. The van der Waals surface area contributed by atoms with E-state index < -0.39 is 0 Å². The molecule has 0 heterocycles. The molecular formula is C53H58N2. The Morgan fingerprint density at radius 2 is 0.564 bits per heavy atom. The lowest BCUT2D eigenvalue weighted by Crippen LogP contribution is -2.16. The largest absolute Gasteiger partial charge is 0.309 e. The monoisotopic (exact) mass is 722 g/mol. The molecular weight excluding hydrogens is 665 g/mol. The van der Waals surface area contributed by atoms with Gasteiger partial charge in [0.25, 0.3) is 0 Å². The number of nitrogens with zero attached hydrogens (tertiary/aromatic N) is 2. The summed E-state index contributed by atoms with van der Waals surface area (Å²) < 4.78 is 0. The van der Waals surface area contributed by atoms with E-state index in [1.807, 2.05) is 0 Å². The third kappa shape index (κ3) is 7.52. The molecule has 0 N–H and O–H groups in total. The van der Waals surface area contributed by atoms with Gasteiger partial charge < -0.3 is 9.80 Å². The number of fused-ring (bicyclic) bond motifs is 2. The molecule has 2 nitrogen and oxygen atoms in total. The van der Waals surface area contributed by atoms with Gasteiger partial charge in [0, 0.05) is 44.3 Å². The van der Waals surface area contributed by atoms with Crippen molar-refractivity contribution in [2.45, 2.75) is 98.3 Å². The fourth-order valence-corrected chi connectivity index (χ4v) is 7.72. The minimum atomic E-state index is 0.0562. The van der Waals surface area contributed by atoms with E-state index in [4.69, 9.17) is 0 Å². The third-order valence-corrected chi connectivity index (χ3v) is 11.1. The highest BCUT2D eigenvalue weighted by molar-refractivity contribution is 6.23. The zero-order chi connectivity index (χ0) is 39.3. The molecule has 0 unspecified atom stereocenters. The first kappa shape index (κ1) is 38.0. The SMILES string of the molecule is CC(C)c1ccc(N(c2ccc(C(C)(C)C)cc2)c2c3ccccc3c(N(c3ccc(C(C)(C)C)cc3)c3ccc(C(C)(C)C)cc3)c3ccccc23)cc1. The van der Waals surface area contributed by atoms with Gasteiger partial charge in [-0.2, -0.15) is 0 Å². The predicted molar refractivity (Wildman–Crippen MR) is 241 cm³/mol. The van der Waals surface area contributed by atoms with E-state index in [0.29, 0.717) is 5.92 Å². The van der Waals surface area contributed by atoms with Crippen LogP contribution in [0.4, 0.5) is 34.1 Å². The maximum absolute atomic E-state index is 2.48. The van der Waals surface area contributed by atoms with Crippen molar-refractivity contribution in [3.05, 3.63) is 168 Å². The highest BCUT2D eigenvalue weighted by atomic mass is 15.2. The molecule has 55 heavy (non-hydrogen) atoms. The molecule has 280 valence electrons. The van der Waals surface area contributed by atoms with Crippen LogP contribution in [-0.4, -0.2) is 0 Å². The molecule has 7 rings (SSSR count). The fraction of sp³-hybridized carbons (Fsp3) is 0.283. The summed E-state index contributed by atoms with van der Waals surface area (Å²) in [5, 5.41) is 4.80. The van der Waals surface area contributed by atoms with E-state index in [2.05, 4.69) is 232 Å². The second-order valence-electron chi connectivity index (χ2n) is 18.6. The smallest absolute Gasteiger partial charge is 0.0619 e. The van der Waals surface area contributed by atoms with Crippen molar-refractivity contribution in [1.29, 1.82) is 0 Å². The number of benzene rings is 7. The van der Waals surface area contributed by atoms with Crippen LogP contribution in [0, 0.1) is 0 Å². The Bertz CT molecular complexity index is 2300. The summed E-state index contributed by atoms with van der Waals surface area (Å²) in [6.45, 7) is 25.1. The Morgan fingerprint density at radius 3 is 0.782 bits per heavy atom. The molecule has 2 heteroatoms. The highest BCUT2D eigenvalue weighted by Crippen LogP contribution is 2.51. The van der Waals surface area contributed by atoms with Crippen LogP contribution in [-0.2, 0) is 16.2 Å². The Hall–Kier alpha value is -5.34. The molecule has 0 spiro atoms. The number of hydrogen-bond donors (Lipinski definition) is 0. The van der Waals surface area contributed by atoms with Gasteiger partial charge >= 0.3 is 0 Å². The molecule has 0 radical (unpaired) electrons. The lowest BCUT2D eigenvalue weighted by Gasteiger charge is -2.33. The quantitative estimate of drug-likeness (QED) is 0.119. The first-order valence-corrected chi connectivity index (χ1v) is 20.0. The molecule has 0 saturated heterocycles. The van der Waals surface area contributed by atoms with Crippen LogP contribution in [0.15, 0.2) is 146 Å². The Balaban J connectivity index is 1.55. The molecule has 7 aromatic rings. The highest BCUT2D eigenvalue weighted by Gasteiger charge is 2.27. The van der Waals surface area contributed by atoms with Crippen molar-refractivity contribution in [2.75, 3.05) is 9.80 Å². The van der Waals surface area contributed by atoms with E-state index in [1.54, 1.807) is 0 Å². The standard InChI is InChI=1S/C53H58N2/c1-36(2)37-20-28-41(29-21-37)54(42-30-22-38(23-31-42)51(3,4)5)49-45-16-12-14-18-47(45)50(48-19-15-13-17-46(48)49)55(43-32-24-39(25-33-43)52(6,7)8)44-34-26-40(27-35-44)53(9,10)11/h12-36H,1-11H3. The van der Waals surface area contributed by atoms with Gasteiger partial charge in [0.05, 0.1) is 11.4 Å². The summed E-state index contributed by atoms with van der Waals surface area (Å²) in [4.78, 5) is 4.96. The van der Waals surface area contributed by atoms with Gasteiger partial charge in [-0.1, -0.05) is 173 Å². The maximum atomic E-state index is 2.48. The van der Waals surface area contributed by atoms with E-state index >= 15 is 0 Å². The van der Waals surface area contributed by atoms with Crippen molar-refractivity contribution >= 4 is 55.7 Å². The molecule has 7 aromatic carbocycles. The minimum absolute atomic E-state index is 0.0562. The van der Waals surface area contributed by atoms with Gasteiger partial charge in [-0.3, -0.25) is 0 Å². The van der Waals surface area contributed by atoms with Gasteiger partial charge in [0.15, 0.2) is 0 Å². The topological polar surface area (TPSA) is 6.48 Å². The summed E-state index contributed by atoms with van der Waals surface area (Å²) in [6, 6.07) is 54.8. The first-order valence-electron chi connectivity index (χ1n) is 20.0. The number of hydrogen-bond acceptors (Lipinski definition) is 2. The zero-order valence-electron chi connectivity index (χ0n) is 34.8. The van der Waals surface area contributed by atoms with E-state index in [9.17, 15) is 0 Å². The van der Waals surface area contributed by atoms with Crippen LogP contribution in [0.3, 0.4) is 0 Å². The third-order valence-electron chi connectivity index (χ3n) is 11.1. The summed E-state index contributed by atoms with van der Waals surface area (Å²) in [5.41, 5.74) is 12.4. The second kappa shape index (κ2) is 14.4. The molecule has 0 fully saturated rings. The average molecular weight is 723 g/mol. The van der Waals surface area contributed by atoms with Crippen molar-refractivity contribution in [3.63, 3.8) is 0 Å². The van der Waals surface area contributed by atoms with Crippen LogP contribution in [0.5, 0.6) is 0 Å². The molecule has 0 amide bonds. The zero-order valence-corrected chi connectivity index (χ0v) is 34.8. The minimum Gasteiger partial charge on any atom is -0.309 e. The molecule has 0 atom stereocenters. The Morgan fingerprint density at radius 1 is 0.327 bits per heavy atom. The van der Waals surface area contributed by atoms with Crippen molar-refractivity contribution in [2.24, 2.45) is 0 Å². The van der Waals surface area contributed by atoms with Crippen LogP contribution >= 0.6 is 0 Å². The molecule has 0 aliphatic rings. The second-order valence-corrected chi connectivity index (χ2v) is 18.6. The normalized spacial score (nSPS) is 12.4. The van der Waals surface area contributed by atoms with Crippen LogP contribution in [0.1, 0.15) is 104 Å². The Labute approximate surface area is 330 Å². The van der Waals surface area contributed by atoms with Crippen LogP contribution in [0.25, 0.3) is 21.5 Å². The van der Waals surface area contributed by atoms with E-state index in [1.165, 1.54) is 55.2 Å². The van der Waals surface area contributed by atoms with Crippen molar-refractivity contribution in [3.8, 4) is 0 Å². The Kier molecular flexibility index (Phi) is 9.93. The van der Waals surface area contributed by atoms with Gasteiger partial charge in [-0.05, 0) is 92.9 Å². The summed E-state index contributed by atoms with van der Waals surface area (Å²) >= 11 is 0. The predicted octanol–water partition coefficient (Wildman–Crippen LogP) is 15.9. The lowest BCUT2D eigenvalue weighted by atomic mass is 9.86. The lowest BCUT2D eigenvalue weighted by molar-refractivity contribution is 0.590. The molecule has 0 saturated carbocycles. The van der Waals surface area contributed by atoms with E-state index in [0.717, 1.165) is 22.7 Å². The first-order chi connectivity index (χ1) is 26.0.